The Morgan fingerprint density at radius 3 is 2.14 bits per heavy atom. The van der Waals surface area contributed by atoms with Crippen molar-refractivity contribution in [3.05, 3.63) is 102 Å². The number of rotatable bonds is 0. The lowest BCUT2D eigenvalue weighted by molar-refractivity contribution is 0.590. The van der Waals surface area contributed by atoms with Gasteiger partial charge in [-0.2, -0.15) is 0 Å². The molecule has 0 spiro atoms. The third kappa shape index (κ3) is 3.09. The number of nitrogens with zero attached hydrogens (tertiary/aromatic N) is 2. The SMILES string of the molecule is CC(C)(C)c1ccc2c(c1)c1cc(C(C)(C)C)cc3c1n2B1c2cccc4c2N(c2ccccc2S4)c2cccc-3c21. The van der Waals surface area contributed by atoms with Crippen molar-refractivity contribution in [1.82, 2.24) is 4.48 Å². The first-order valence-corrected chi connectivity index (χ1v) is 15.9. The Morgan fingerprint density at radius 2 is 1.33 bits per heavy atom. The molecule has 0 unspecified atom stereocenters. The van der Waals surface area contributed by atoms with Gasteiger partial charge in [-0.3, -0.25) is 0 Å². The summed E-state index contributed by atoms with van der Waals surface area (Å²) in [7, 11) is 0. The van der Waals surface area contributed by atoms with Crippen LogP contribution in [-0.2, 0) is 10.8 Å². The fourth-order valence-electron chi connectivity index (χ4n) is 7.55. The lowest BCUT2D eigenvalue weighted by Gasteiger charge is -2.43. The van der Waals surface area contributed by atoms with E-state index in [0.29, 0.717) is 0 Å². The van der Waals surface area contributed by atoms with Crippen molar-refractivity contribution in [2.75, 3.05) is 4.90 Å². The summed E-state index contributed by atoms with van der Waals surface area (Å²) in [5.74, 6) is 0. The van der Waals surface area contributed by atoms with Crippen LogP contribution in [0.25, 0.3) is 32.9 Å². The Hall–Kier alpha value is -3.89. The van der Waals surface area contributed by atoms with Crippen molar-refractivity contribution in [3.63, 3.8) is 0 Å². The van der Waals surface area contributed by atoms with Gasteiger partial charge in [0, 0.05) is 42.8 Å². The molecule has 0 radical (unpaired) electrons. The van der Waals surface area contributed by atoms with Crippen LogP contribution < -0.4 is 15.8 Å². The second-order valence-electron chi connectivity index (χ2n) is 14.3. The molecule has 0 N–H and O–H groups in total. The summed E-state index contributed by atoms with van der Waals surface area (Å²) < 4.78 is 2.68. The van der Waals surface area contributed by atoms with Crippen molar-refractivity contribution in [1.29, 1.82) is 0 Å². The Kier molecular flexibility index (Phi) is 4.66. The van der Waals surface area contributed by atoms with Crippen LogP contribution in [-0.4, -0.2) is 11.3 Å². The second-order valence-corrected chi connectivity index (χ2v) is 15.3. The topological polar surface area (TPSA) is 8.17 Å². The molecule has 0 bridgehead atoms. The van der Waals surface area contributed by atoms with E-state index in [1.54, 1.807) is 0 Å². The monoisotopic (exact) mass is 560 g/mol. The molecule has 6 aromatic rings. The zero-order valence-corrected chi connectivity index (χ0v) is 25.9. The normalized spacial score (nSPS) is 14.7. The molecule has 2 nitrogen and oxygen atoms in total. The highest BCUT2D eigenvalue weighted by Crippen LogP contribution is 2.53. The van der Waals surface area contributed by atoms with Gasteiger partial charge in [-0.1, -0.05) is 95.8 Å². The minimum Gasteiger partial charge on any atom is -0.375 e. The molecular weight excluding hydrogens is 527 g/mol. The average Bonchev–Trinajstić information content (AvgIpc) is 3.29. The van der Waals surface area contributed by atoms with E-state index in [0.717, 1.165) is 0 Å². The number of hydrogen-bond acceptors (Lipinski definition) is 2. The van der Waals surface area contributed by atoms with E-state index in [2.05, 4.69) is 142 Å². The van der Waals surface area contributed by atoms with Gasteiger partial charge in [-0.05, 0) is 87.0 Å². The maximum atomic E-state index is 2.68. The Bertz CT molecular complexity index is 2160. The molecule has 3 aliphatic rings. The molecule has 0 saturated heterocycles. The Morgan fingerprint density at radius 1 is 0.619 bits per heavy atom. The molecule has 4 heteroatoms. The molecule has 0 aliphatic carbocycles. The predicted octanol–water partition coefficient (Wildman–Crippen LogP) is 9.27. The molecular formula is C38H33BN2S. The first-order chi connectivity index (χ1) is 20.1. The van der Waals surface area contributed by atoms with Crippen LogP contribution in [0, 0.1) is 0 Å². The van der Waals surface area contributed by atoms with Crippen LogP contribution in [0.3, 0.4) is 0 Å². The maximum absolute atomic E-state index is 2.68. The van der Waals surface area contributed by atoms with Gasteiger partial charge in [0.1, 0.15) is 0 Å². The van der Waals surface area contributed by atoms with Crippen LogP contribution in [0.5, 0.6) is 0 Å². The highest BCUT2D eigenvalue weighted by molar-refractivity contribution is 7.99. The fraction of sp³-hybridized carbons (Fsp3) is 0.211. The minimum atomic E-state index is 0.0387. The van der Waals surface area contributed by atoms with Crippen LogP contribution in [0.2, 0.25) is 0 Å². The number of aromatic nitrogens is 1. The smallest absolute Gasteiger partial charge is 0.333 e. The van der Waals surface area contributed by atoms with Gasteiger partial charge < -0.3 is 9.38 Å². The molecule has 42 heavy (non-hydrogen) atoms. The maximum Gasteiger partial charge on any atom is 0.333 e. The van der Waals surface area contributed by atoms with Gasteiger partial charge in [0.05, 0.1) is 11.4 Å². The second kappa shape index (κ2) is 7.93. The van der Waals surface area contributed by atoms with Gasteiger partial charge in [0.15, 0.2) is 0 Å². The van der Waals surface area contributed by atoms with E-state index in [-0.39, 0.29) is 17.7 Å². The molecule has 5 aromatic carbocycles. The molecule has 4 heterocycles. The standard InChI is InChI=1S/C38H33BN2S/c1-37(2,3)22-17-18-29-25(19-22)27-21-23(38(4,5)6)20-26-24-11-9-14-31-34(24)39(41(29)35(26)27)28-12-10-16-33-36(28)40(31)30-13-7-8-15-32(30)42-33/h7-21H,1-6H3. The third-order valence-electron chi connectivity index (χ3n) is 9.65. The van der Waals surface area contributed by atoms with Crippen molar-refractivity contribution < 1.29 is 0 Å². The zero-order valence-electron chi connectivity index (χ0n) is 25.0. The van der Waals surface area contributed by atoms with Gasteiger partial charge >= 0.3 is 6.85 Å². The molecule has 1 aromatic heterocycles. The number of benzene rings is 5. The van der Waals surface area contributed by atoms with Crippen molar-refractivity contribution in [3.8, 4) is 11.1 Å². The summed E-state index contributed by atoms with van der Waals surface area (Å²) in [5, 5.41) is 2.74. The van der Waals surface area contributed by atoms with Crippen LogP contribution in [0.15, 0.2) is 101 Å². The van der Waals surface area contributed by atoms with Gasteiger partial charge in [-0.25, -0.2) is 0 Å². The van der Waals surface area contributed by atoms with Gasteiger partial charge in [-0.15, -0.1) is 0 Å². The summed E-state index contributed by atoms with van der Waals surface area (Å²) in [5.41, 5.74) is 15.0. The summed E-state index contributed by atoms with van der Waals surface area (Å²) in [6, 6.07) is 35.0. The highest BCUT2D eigenvalue weighted by Gasteiger charge is 2.45. The van der Waals surface area contributed by atoms with E-state index >= 15 is 0 Å². The molecule has 0 fully saturated rings. The lowest BCUT2D eigenvalue weighted by Crippen LogP contribution is -2.57. The Labute approximate surface area is 252 Å². The van der Waals surface area contributed by atoms with Gasteiger partial charge in [0.25, 0.3) is 0 Å². The van der Waals surface area contributed by atoms with E-state index in [4.69, 9.17) is 0 Å². The molecule has 0 atom stereocenters. The number of anilines is 3. The molecule has 0 saturated carbocycles. The molecule has 9 rings (SSSR count). The van der Waals surface area contributed by atoms with Crippen molar-refractivity contribution in [2.24, 2.45) is 0 Å². The predicted molar refractivity (Wildman–Crippen MR) is 182 cm³/mol. The van der Waals surface area contributed by atoms with Crippen LogP contribution in [0.1, 0.15) is 52.7 Å². The number of fused-ring (bicyclic) bond motifs is 9. The third-order valence-corrected chi connectivity index (χ3v) is 10.8. The molecule has 3 aliphatic heterocycles. The first kappa shape index (κ1) is 24.7. The summed E-state index contributed by atoms with van der Waals surface area (Å²) >= 11 is 1.90. The number of para-hydroxylation sites is 2. The van der Waals surface area contributed by atoms with Gasteiger partial charge in [0.2, 0.25) is 0 Å². The molecule has 204 valence electrons. The largest absolute Gasteiger partial charge is 0.375 e. The quantitative estimate of drug-likeness (QED) is 0.171. The lowest BCUT2D eigenvalue weighted by atomic mass is 9.45. The van der Waals surface area contributed by atoms with E-state index in [1.807, 2.05) is 11.8 Å². The summed E-state index contributed by atoms with van der Waals surface area (Å²) in [6.45, 7) is 14.1. The van der Waals surface area contributed by atoms with E-state index < -0.39 is 0 Å². The Balaban J connectivity index is 1.47. The summed E-state index contributed by atoms with van der Waals surface area (Å²) in [6.07, 6.45) is 0. The van der Waals surface area contributed by atoms with E-state index in [1.165, 1.54) is 81.8 Å². The zero-order chi connectivity index (χ0) is 28.7. The van der Waals surface area contributed by atoms with E-state index in [9.17, 15) is 0 Å². The van der Waals surface area contributed by atoms with Crippen molar-refractivity contribution in [2.45, 2.75) is 62.2 Å². The average molecular weight is 561 g/mol. The molecule has 0 amide bonds. The summed E-state index contributed by atoms with van der Waals surface area (Å²) in [4.78, 5) is 5.19. The van der Waals surface area contributed by atoms with Crippen LogP contribution in [0.4, 0.5) is 17.1 Å². The minimum absolute atomic E-state index is 0.0387. The number of hydrogen-bond donors (Lipinski definition) is 0. The fourth-order valence-corrected chi connectivity index (χ4v) is 8.65. The van der Waals surface area contributed by atoms with Crippen LogP contribution >= 0.6 is 11.8 Å². The van der Waals surface area contributed by atoms with Crippen molar-refractivity contribution >= 4 is 68.4 Å². The first-order valence-electron chi connectivity index (χ1n) is 15.1. The highest BCUT2D eigenvalue weighted by atomic mass is 32.2.